The third kappa shape index (κ3) is 3.54. The van der Waals surface area contributed by atoms with Crippen LogP contribution in [0.4, 0.5) is 5.82 Å². The quantitative estimate of drug-likeness (QED) is 0.875. The molecule has 19 heavy (non-hydrogen) atoms. The van der Waals surface area contributed by atoms with E-state index in [4.69, 9.17) is 0 Å². The van der Waals surface area contributed by atoms with E-state index in [1.165, 1.54) is 0 Å². The number of hydrogen-bond acceptors (Lipinski definition) is 4. The number of imidazole rings is 1. The van der Waals surface area contributed by atoms with Crippen molar-refractivity contribution in [3.63, 3.8) is 0 Å². The molecule has 6 nitrogen and oxygen atoms in total. The first-order valence-electron chi connectivity index (χ1n) is 5.78. The molecule has 2 aromatic heterocycles. The van der Waals surface area contributed by atoms with Crippen molar-refractivity contribution < 1.29 is 4.79 Å². The highest BCUT2D eigenvalue weighted by Gasteiger charge is 2.11. The Hall–Kier alpha value is -1.89. The summed E-state index contributed by atoms with van der Waals surface area (Å²) in [6.07, 6.45) is 6.92. The van der Waals surface area contributed by atoms with Crippen molar-refractivity contribution in [3.05, 3.63) is 41.0 Å². The van der Waals surface area contributed by atoms with Gasteiger partial charge < -0.3 is 15.2 Å². The van der Waals surface area contributed by atoms with E-state index in [1.54, 1.807) is 31.8 Å². The van der Waals surface area contributed by atoms with E-state index < -0.39 is 0 Å². The predicted molar refractivity (Wildman–Crippen MR) is 76.0 cm³/mol. The molecular formula is C12H14BrN5O. The SMILES string of the molecule is CNc1ncc(Br)cc1C(=O)NCCn1ccnc1. The lowest BCUT2D eigenvalue weighted by Gasteiger charge is -2.09. The summed E-state index contributed by atoms with van der Waals surface area (Å²) in [5.41, 5.74) is 0.516. The van der Waals surface area contributed by atoms with Crippen molar-refractivity contribution in [1.82, 2.24) is 19.9 Å². The number of nitrogens with one attached hydrogen (secondary N) is 2. The van der Waals surface area contributed by atoms with Crippen molar-refractivity contribution in [1.29, 1.82) is 0 Å². The number of amides is 1. The molecule has 100 valence electrons. The molecule has 2 aromatic rings. The molecule has 2 rings (SSSR count). The van der Waals surface area contributed by atoms with Crippen LogP contribution in [0.3, 0.4) is 0 Å². The van der Waals surface area contributed by atoms with Gasteiger partial charge in [-0.1, -0.05) is 0 Å². The normalized spacial score (nSPS) is 10.2. The molecule has 7 heteroatoms. The van der Waals surface area contributed by atoms with Gasteiger partial charge in [-0.2, -0.15) is 0 Å². The molecular weight excluding hydrogens is 310 g/mol. The smallest absolute Gasteiger partial charge is 0.255 e. The zero-order chi connectivity index (χ0) is 13.7. The number of halogens is 1. The first-order valence-corrected chi connectivity index (χ1v) is 6.57. The molecule has 0 aliphatic carbocycles. The minimum absolute atomic E-state index is 0.154. The van der Waals surface area contributed by atoms with E-state index in [0.29, 0.717) is 24.5 Å². The maximum atomic E-state index is 12.1. The first-order chi connectivity index (χ1) is 9.20. The Kier molecular flexibility index (Phi) is 4.51. The summed E-state index contributed by atoms with van der Waals surface area (Å²) < 4.78 is 2.67. The van der Waals surface area contributed by atoms with Gasteiger partial charge in [0, 0.05) is 43.2 Å². The molecule has 0 aromatic carbocycles. The van der Waals surface area contributed by atoms with Crippen LogP contribution in [-0.2, 0) is 6.54 Å². The van der Waals surface area contributed by atoms with Crippen LogP contribution in [0, 0.1) is 0 Å². The van der Waals surface area contributed by atoms with Crippen LogP contribution >= 0.6 is 15.9 Å². The molecule has 2 heterocycles. The maximum Gasteiger partial charge on any atom is 0.255 e. The highest BCUT2D eigenvalue weighted by molar-refractivity contribution is 9.10. The van der Waals surface area contributed by atoms with Crippen LogP contribution in [0.2, 0.25) is 0 Å². The van der Waals surface area contributed by atoms with Crippen LogP contribution in [-0.4, -0.2) is 34.0 Å². The third-order valence-corrected chi connectivity index (χ3v) is 2.98. The molecule has 0 atom stereocenters. The summed E-state index contributed by atoms with van der Waals surface area (Å²) in [7, 11) is 1.73. The van der Waals surface area contributed by atoms with Gasteiger partial charge in [-0.15, -0.1) is 0 Å². The number of aromatic nitrogens is 3. The van der Waals surface area contributed by atoms with Gasteiger partial charge in [-0.25, -0.2) is 9.97 Å². The average Bonchev–Trinajstić information content (AvgIpc) is 2.91. The molecule has 0 saturated heterocycles. The lowest BCUT2D eigenvalue weighted by Crippen LogP contribution is -2.27. The second kappa shape index (κ2) is 6.33. The minimum atomic E-state index is -0.154. The summed E-state index contributed by atoms with van der Waals surface area (Å²) in [4.78, 5) is 20.2. The Morgan fingerprint density at radius 2 is 2.37 bits per heavy atom. The van der Waals surface area contributed by atoms with Crippen molar-refractivity contribution in [2.75, 3.05) is 18.9 Å². The van der Waals surface area contributed by atoms with Gasteiger partial charge in [-0.3, -0.25) is 4.79 Å². The van der Waals surface area contributed by atoms with E-state index in [1.807, 2.05) is 10.8 Å². The largest absolute Gasteiger partial charge is 0.372 e. The molecule has 0 spiro atoms. The molecule has 2 N–H and O–H groups in total. The summed E-state index contributed by atoms with van der Waals surface area (Å²) in [5, 5.41) is 5.75. The van der Waals surface area contributed by atoms with Crippen LogP contribution in [0.5, 0.6) is 0 Å². The predicted octanol–water partition coefficient (Wildman–Crippen LogP) is 1.51. The third-order valence-electron chi connectivity index (χ3n) is 2.55. The van der Waals surface area contributed by atoms with Gasteiger partial charge in [-0.05, 0) is 22.0 Å². The highest BCUT2D eigenvalue weighted by Crippen LogP contribution is 2.17. The number of hydrogen-bond donors (Lipinski definition) is 2. The molecule has 0 unspecified atom stereocenters. The van der Waals surface area contributed by atoms with Gasteiger partial charge in [0.2, 0.25) is 0 Å². The summed E-state index contributed by atoms with van der Waals surface area (Å²) in [6.45, 7) is 1.22. The monoisotopic (exact) mass is 323 g/mol. The Morgan fingerprint density at radius 3 is 3.05 bits per heavy atom. The Morgan fingerprint density at radius 1 is 1.53 bits per heavy atom. The topological polar surface area (TPSA) is 71.8 Å². The van der Waals surface area contributed by atoms with Crippen molar-refractivity contribution in [2.45, 2.75) is 6.54 Å². The number of rotatable bonds is 5. The van der Waals surface area contributed by atoms with E-state index in [2.05, 4.69) is 36.5 Å². The van der Waals surface area contributed by atoms with Crippen LogP contribution in [0.25, 0.3) is 0 Å². The van der Waals surface area contributed by atoms with E-state index in [-0.39, 0.29) is 5.91 Å². The zero-order valence-electron chi connectivity index (χ0n) is 10.4. The van der Waals surface area contributed by atoms with Crippen molar-refractivity contribution >= 4 is 27.7 Å². The lowest BCUT2D eigenvalue weighted by atomic mass is 10.2. The molecule has 0 radical (unpaired) electrons. The number of pyridine rings is 1. The van der Waals surface area contributed by atoms with Gasteiger partial charge in [0.1, 0.15) is 5.82 Å². The van der Waals surface area contributed by atoms with Gasteiger partial charge in [0.05, 0.1) is 11.9 Å². The van der Waals surface area contributed by atoms with E-state index >= 15 is 0 Å². The Labute approximate surface area is 119 Å². The summed E-state index contributed by atoms with van der Waals surface area (Å²) in [6, 6.07) is 1.74. The molecule has 0 aliphatic rings. The zero-order valence-corrected chi connectivity index (χ0v) is 12.0. The molecule has 0 bridgehead atoms. The number of carbonyl (C=O) groups excluding carboxylic acids is 1. The second-order valence-electron chi connectivity index (χ2n) is 3.86. The second-order valence-corrected chi connectivity index (χ2v) is 4.77. The number of carbonyl (C=O) groups is 1. The van der Waals surface area contributed by atoms with Crippen molar-refractivity contribution in [2.24, 2.45) is 0 Å². The fourth-order valence-electron chi connectivity index (χ4n) is 1.62. The molecule has 0 aliphatic heterocycles. The number of anilines is 1. The average molecular weight is 324 g/mol. The van der Waals surface area contributed by atoms with Crippen molar-refractivity contribution in [3.8, 4) is 0 Å². The summed E-state index contributed by atoms with van der Waals surface area (Å²) >= 11 is 3.31. The van der Waals surface area contributed by atoms with Gasteiger partial charge in [0.25, 0.3) is 5.91 Å². The van der Waals surface area contributed by atoms with Crippen LogP contribution in [0.15, 0.2) is 35.5 Å². The fraction of sp³-hybridized carbons (Fsp3) is 0.250. The molecule has 0 fully saturated rings. The number of nitrogens with zero attached hydrogens (tertiary/aromatic N) is 3. The summed E-state index contributed by atoms with van der Waals surface area (Å²) in [5.74, 6) is 0.404. The van der Waals surface area contributed by atoms with Gasteiger partial charge >= 0.3 is 0 Å². The van der Waals surface area contributed by atoms with Crippen LogP contribution < -0.4 is 10.6 Å². The standard InChI is InChI=1S/C12H14BrN5O/c1-14-11-10(6-9(13)7-17-11)12(19)16-3-5-18-4-2-15-8-18/h2,4,6-8H,3,5H2,1H3,(H,14,17)(H,16,19). The molecule has 0 saturated carbocycles. The molecule has 1 amide bonds. The maximum absolute atomic E-state index is 12.1. The van der Waals surface area contributed by atoms with E-state index in [9.17, 15) is 4.79 Å². The lowest BCUT2D eigenvalue weighted by molar-refractivity contribution is 0.0952. The first kappa shape index (κ1) is 13.5. The Balaban J connectivity index is 1.97. The Bertz CT molecular complexity index is 555. The van der Waals surface area contributed by atoms with Gasteiger partial charge in [0.15, 0.2) is 0 Å². The van der Waals surface area contributed by atoms with Crippen LogP contribution in [0.1, 0.15) is 10.4 Å². The highest BCUT2D eigenvalue weighted by atomic mass is 79.9. The minimum Gasteiger partial charge on any atom is -0.372 e. The van der Waals surface area contributed by atoms with E-state index in [0.717, 1.165) is 4.47 Å². The fourth-order valence-corrected chi connectivity index (χ4v) is 1.96.